The molecular formula is C11H14N4O. The average molecular weight is 218 g/mol. The zero-order chi connectivity index (χ0) is 11.4. The Morgan fingerprint density at radius 3 is 3.00 bits per heavy atom. The molecular weight excluding hydrogens is 204 g/mol. The van der Waals surface area contributed by atoms with E-state index in [-0.39, 0.29) is 5.60 Å². The number of nitrogens with one attached hydrogen (secondary N) is 1. The summed E-state index contributed by atoms with van der Waals surface area (Å²) in [5.41, 5.74) is 0.226. The van der Waals surface area contributed by atoms with E-state index in [2.05, 4.69) is 22.4 Å². The van der Waals surface area contributed by atoms with E-state index < -0.39 is 0 Å². The molecule has 0 saturated carbocycles. The second kappa shape index (κ2) is 4.45. The number of aromatic nitrogens is 2. The van der Waals surface area contributed by atoms with E-state index in [4.69, 9.17) is 10.00 Å². The highest BCUT2D eigenvalue weighted by atomic mass is 16.5. The first-order valence-electron chi connectivity index (χ1n) is 5.33. The van der Waals surface area contributed by atoms with Crippen molar-refractivity contribution in [2.45, 2.75) is 25.4 Å². The van der Waals surface area contributed by atoms with Gasteiger partial charge in [0.25, 0.3) is 0 Å². The van der Waals surface area contributed by atoms with E-state index in [9.17, 15) is 0 Å². The largest absolute Gasteiger partial charge is 0.373 e. The van der Waals surface area contributed by atoms with Crippen LogP contribution in [0.3, 0.4) is 0 Å². The van der Waals surface area contributed by atoms with Crippen LogP contribution in [0, 0.1) is 11.3 Å². The predicted octanol–water partition coefficient (Wildman–Crippen LogP) is 1.33. The highest BCUT2D eigenvalue weighted by molar-refractivity contribution is 5.35. The number of hydrogen-bond acceptors (Lipinski definition) is 5. The lowest BCUT2D eigenvalue weighted by Crippen LogP contribution is -2.32. The second-order valence-corrected chi connectivity index (χ2v) is 4.17. The fourth-order valence-corrected chi connectivity index (χ4v) is 1.74. The summed E-state index contributed by atoms with van der Waals surface area (Å²) in [6.07, 6.45) is 2.17. The molecule has 1 aliphatic rings. The molecule has 5 heteroatoms. The van der Waals surface area contributed by atoms with Gasteiger partial charge >= 0.3 is 0 Å². The van der Waals surface area contributed by atoms with Crippen LogP contribution in [-0.2, 0) is 4.74 Å². The van der Waals surface area contributed by atoms with Gasteiger partial charge in [0.2, 0.25) is 0 Å². The maximum Gasteiger partial charge on any atom is 0.163 e. The molecule has 0 radical (unpaired) electrons. The summed E-state index contributed by atoms with van der Waals surface area (Å²) in [4.78, 5) is 0. The standard InChI is InChI=1S/C11H14N4O/c1-11(5-2-6-16-11)8-13-10-4-3-9(7-12)14-15-10/h3-4H,2,5-6,8H2,1H3,(H,13,15). The fourth-order valence-electron chi connectivity index (χ4n) is 1.74. The third kappa shape index (κ3) is 2.47. The van der Waals surface area contributed by atoms with Gasteiger partial charge in [0.15, 0.2) is 5.69 Å². The summed E-state index contributed by atoms with van der Waals surface area (Å²) in [5.74, 6) is 0.677. The van der Waals surface area contributed by atoms with Crippen LogP contribution in [0.4, 0.5) is 5.82 Å². The SMILES string of the molecule is CC1(CNc2ccc(C#N)nn2)CCCO1. The quantitative estimate of drug-likeness (QED) is 0.828. The Kier molecular flexibility index (Phi) is 3.02. The smallest absolute Gasteiger partial charge is 0.163 e. The van der Waals surface area contributed by atoms with Crippen molar-refractivity contribution in [3.05, 3.63) is 17.8 Å². The van der Waals surface area contributed by atoms with Gasteiger partial charge in [-0.25, -0.2) is 0 Å². The van der Waals surface area contributed by atoms with Gasteiger partial charge in [-0.05, 0) is 31.9 Å². The lowest BCUT2D eigenvalue weighted by molar-refractivity contribution is 0.0314. The number of anilines is 1. The number of hydrogen-bond donors (Lipinski definition) is 1. The van der Waals surface area contributed by atoms with Crippen molar-refractivity contribution in [1.82, 2.24) is 10.2 Å². The lowest BCUT2D eigenvalue weighted by atomic mass is 10.0. The van der Waals surface area contributed by atoms with Crippen LogP contribution in [-0.4, -0.2) is 29.0 Å². The Bertz CT molecular complexity index is 389. The lowest BCUT2D eigenvalue weighted by Gasteiger charge is -2.23. The third-order valence-electron chi connectivity index (χ3n) is 2.72. The van der Waals surface area contributed by atoms with Gasteiger partial charge in [-0.15, -0.1) is 10.2 Å². The molecule has 2 rings (SSSR count). The van der Waals surface area contributed by atoms with E-state index >= 15 is 0 Å². The van der Waals surface area contributed by atoms with Crippen molar-refractivity contribution in [1.29, 1.82) is 5.26 Å². The Hall–Kier alpha value is -1.67. The molecule has 84 valence electrons. The van der Waals surface area contributed by atoms with Crippen LogP contribution in [0.1, 0.15) is 25.5 Å². The Morgan fingerprint density at radius 1 is 1.56 bits per heavy atom. The molecule has 0 amide bonds. The molecule has 1 aromatic rings. The molecule has 5 nitrogen and oxygen atoms in total. The fraction of sp³-hybridized carbons (Fsp3) is 0.545. The third-order valence-corrected chi connectivity index (χ3v) is 2.72. The molecule has 1 aliphatic heterocycles. The summed E-state index contributed by atoms with van der Waals surface area (Å²) >= 11 is 0. The Balaban J connectivity index is 1.92. The van der Waals surface area contributed by atoms with Gasteiger partial charge in [-0.3, -0.25) is 0 Å². The van der Waals surface area contributed by atoms with E-state index in [0.717, 1.165) is 19.4 Å². The molecule has 0 aliphatic carbocycles. The zero-order valence-electron chi connectivity index (χ0n) is 9.23. The minimum atomic E-state index is -0.102. The summed E-state index contributed by atoms with van der Waals surface area (Å²) < 4.78 is 5.64. The van der Waals surface area contributed by atoms with Crippen LogP contribution in [0.15, 0.2) is 12.1 Å². The molecule has 0 bridgehead atoms. The Labute approximate surface area is 94.4 Å². The van der Waals surface area contributed by atoms with E-state index in [1.165, 1.54) is 0 Å². The zero-order valence-corrected chi connectivity index (χ0v) is 9.23. The van der Waals surface area contributed by atoms with Crippen molar-refractivity contribution >= 4 is 5.82 Å². The van der Waals surface area contributed by atoms with Crippen LogP contribution in [0.2, 0.25) is 0 Å². The molecule has 1 aromatic heterocycles. The van der Waals surface area contributed by atoms with Gasteiger partial charge in [-0.1, -0.05) is 0 Å². The minimum absolute atomic E-state index is 0.102. The van der Waals surface area contributed by atoms with E-state index in [0.29, 0.717) is 18.1 Å². The maximum absolute atomic E-state index is 8.58. The monoisotopic (exact) mass is 218 g/mol. The predicted molar refractivity (Wildman–Crippen MR) is 58.8 cm³/mol. The summed E-state index contributed by atoms with van der Waals surface area (Å²) in [6.45, 7) is 3.63. The molecule has 2 heterocycles. The molecule has 0 spiro atoms. The van der Waals surface area contributed by atoms with Crippen LogP contribution in [0.25, 0.3) is 0 Å². The number of ether oxygens (including phenoxy) is 1. The van der Waals surface area contributed by atoms with Gasteiger partial charge in [0.1, 0.15) is 11.9 Å². The molecule has 1 unspecified atom stereocenters. The molecule has 1 saturated heterocycles. The highest BCUT2D eigenvalue weighted by Gasteiger charge is 2.29. The van der Waals surface area contributed by atoms with Crippen molar-refractivity contribution < 1.29 is 4.74 Å². The second-order valence-electron chi connectivity index (χ2n) is 4.17. The number of rotatable bonds is 3. The van der Waals surface area contributed by atoms with Gasteiger partial charge in [-0.2, -0.15) is 5.26 Å². The minimum Gasteiger partial charge on any atom is -0.373 e. The number of nitriles is 1. The first-order chi connectivity index (χ1) is 7.72. The summed E-state index contributed by atoms with van der Waals surface area (Å²) in [7, 11) is 0. The van der Waals surface area contributed by atoms with Gasteiger partial charge in [0, 0.05) is 13.2 Å². The number of nitrogens with zero attached hydrogens (tertiary/aromatic N) is 3. The molecule has 1 N–H and O–H groups in total. The maximum atomic E-state index is 8.58. The Morgan fingerprint density at radius 2 is 2.44 bits per heavy atom. The topological polar surface area (TPSA) is 70.8 Å². The van der Waals surface area contributed by atoms with Gasteiger partial charge in [0.05, 0.1) is 5.60 Å². The first kappa shape index (κ1) is 10.8. The molecule has 1 fully saturated rings. The molecule has 1 atom stereocenters. The molecule has 16 heavy (non-hydrogen) atoms. The highest BCUT2D eigenvalue weighted by Crippen LogP contribution is 2.24. The van der Waals surface area contributed by atoms with Crippen LogP contribution < -0.4 is 5.32 Å². The first-order valence-corrected chi connectivity index (χ1v) is 5.33. The van der Waals surface area contributed by atoms with E-state index in [1.807, 2.05) is 6.07 Å². The van der Waals surface area contributed by atoms with Crippen molar-refractivity contribution in [2.75, 3.05) is 18.5 Å². The van der Waals surface area contributed by atoms with E-state index in [1.54, 1.807) is 12.1 Å². The van der Waals surface area contributed by atoms with Gasteiger partial charge < -0.3 is 10.1 Å². The summed E-state index contributed by atoms with van der Waals surface area (Å²) in [6, 6.07) is 5.33. The van der Waals surface area contributed by atoms with Crippen LogP contribution in [0.5, 0.6) is 0 Å². The summed E-state index contributed by atoms with van der Waals surface area (Å²) in [5, 5.41) is 19.4. The van der Waals surface area contributed by atoms with Crippen LogP contribution >= 0.6 is 0 Å². The average Bonchev–Trinajstić information content (AvgIpc) is 2.75. The normalized spacial score (nSPS) is 24.0. The van der Waals surface area contributed by atoms with Crippen molar-refractivity contribution in [3.8, 4) is 6.07 Å². The molecule has 0 aromatic carbocycles. The van der Waals surface area contributed by atoms with Crippen molar-refractivity contribution in [2.24, 2.45) is 0 Å². The van der Waals surface area contributed by atoms with Crippen molar-refractivity contribution in [3.63, 3.8) is 0 Å².